The van der Waals surface area contributed by atoms with Crippen molar-refractivity contribution in [2.45, 2.75) is 25.1 Å². The number of rotatable bonds is 5. The van der Waals surface area contributed by atoms with Crippen molar-refractivity contribution in [2.24, 2.45) is 0 Å². The topological polar surface area (TPSA) is 63.2 Å². The van der Waals surface area contributed by atoms with E-state index in [9.17, 15) is 13.2 Å². The molecule has 0 aromatic carbocycles. The predicted molar refractivity (Wildman–Crippen MR) is 78.1 cm³/mol. The van der Waals surface area contributed by atoms with E-state index in [1.54, 1.807) is 11.9 Å². The largest absolute Gasteiger partial charge is 0.454 e. The molecule has 124 valence electrons. The first-order valence-corrected chi connectivity index (χ1v) is 8.08. The number of hydrogen-bond acceptors (Lipinski definition) is 7. The van der Waals surface area contributed by atoms with Crippen LogP contribution in [0, 0.1) is 0 Å². The first kappa shape index (κ1) is 17.4. The van der Waals surface area contributed by atoms with Gasteiger partial charge in [-0.1, -0.05) is 11.9 Å². The molecule has 1 saturated heterocycles. The summed E-state index contributed by atoms with van der Waals surface area (Å²) in [5.41, 5.74) is 0. The molecule has 1 aliphatic heterocycles. The van der Waals surface area contributed by atoms with E-state index in [4.69, 9.17) is 11.6 Å². The molecule has 1 fully saturated rings. The molecule has 1 aromatic heterocycles. The minimum absolute atomic E-state index is 0.125. The maximum absolute atomic E-state index is 12.1. The fraction of sp³-hybridized carbons (Fsp3) is 0.727. The van der Waals surface area contributed by atoms with Crippen molar-refractivity contribution < 1.29 is 17.9 Å². The van der Waals surface area contributed by atoms with E-state index in [-0.39, 0.29) is 17.3 Å². The van der Waals surface area contributed by atoms with Gasteiger partial charge in [-0.2, -0.15) is 28.1 Å². The van der Waals surface area contributed by atoms with Gasteiger partial charge in [-0.05, 0) is 30.7 Å². The van der Waals surface area contributed by atoms with Crippen molar-refractivity contribution in [3.63, 3.8) is 0 Å². The molecule has 1 N–H and O–H groups in total. The summed E-state index contributed by atoms with van der Waals surface area (Å²) in [5.74, 6) is 0.125. The Morgan fingerprint density at radius 1 is 1.32 bits per heavy atom. The Morgan fingerprint density at radius 2 is 2.00 bits per heavy atom. The van der Waals surface area contributed by atoms with Crippen molar-refractivity contribution in [1.29, 1.82) is 0 Å². The number of aromatic nitrogens is 3. The van der Waals surface area contributed by atoms with Crippen LogP contribution in [0.4, 0.5) is 19.1 Å². The lowest BCUT2D eigenvalue weighted by molar-refractivity contribution is -0.154. The number of alkyl halides is 3. The summed E-state index contributed by atoms with van der Waals surface area (Å²) in [6, 6.07) is -0.307. The van der Waals surface area contributed by atoms with Crippen LogP contribution in [-0.2, 0) is 0 Å². The summed E-state index contributed by atoms with van der Waals surface area (Å²) in [6.45, 7) is 0.350. The van der Waals surface area contributed by atoms with E-state index in [0.717, 1.165) is 25.9 Å². The van der Waals surface area contributed by atoms with Crippen LogP contribution < -0.4 is 10.1 Å². The quantitative estimate of drug-likeness (QED) is 0.813. The SMILES string of the molecule is CSN1CCC(Nc2nc(Cl)nc(OCC(F)(F)F)n2)CC1. The molecule has 6 nitrogen and oxygen atoms in total. The van der Waals surface area contributed by atoms with E-state index < -0.39 is 18.8 Å². The summed E-state index contributed by atoms with van der Waals surface area (Å²) in [5, 5.41) is 2.85. The van der Waals surface area contributed by atoms with Gasteiger partial charge in [0, 0.05) is 19.1 Å². The average molecular weight is 358 g/mol. The molecule has 2 heterocycles. The second-order valence-corrected chi connectivity index (χ2v) is 5.86. The van der Waals surface area contributed by atoms with Crippen molar-refractivity contribution >= 4 is 29.5 Å². The van der Waals surface area contributed by atoms with Crippen LogP contribution in [0.5, 0.6) is 6.01 Å². The van der Waals surface area contributed by atoms with Crippen molar-refractivity contribution in [2.75, 3.05) is 31.3 Å². The van der Waals surface area contributed by atoms with E-state index in [1.807, 2.05) is 6.26 Å². The minimum atomic E-state index is -4.46. The molecule has 2 rings (SSSR count). The van der Waals surface area contributed by atoms with Crippen LogP contribution in [0.15, 0.2) is 0 Å². The van der Waals surface area contributed by atoms with Gasteiger partial charge in [-0.15, -0.1) is 0 Å². The lowest BCUT2D eigenvalue weighted by Crippen LogP contribution is -2.35. The zero-order valence-corrected chi connectivity index (χ0v) is 13.3. The van der Waals surface area contributed by atoms with Crippen LogP contribution in [0.3, 0.4) is 0 Å². The highest BCUT2D eigenvalue weighted by Crippen LogP contribution is 2.21. The van der Waals surface area contributed by atoms with Crippen LogP contribution in [0.2, 0.25) is 5.28 Å². The summed E-state index contributed by atoms with van der Waals surface area (Å²) >= 11 is 7.37. The third-order valence-electron chi connectivity index (χ3n) is 3.00. The Hall–Kier alpha value is -1.00. The summed E-state index contributed by atoms with van der Waals surface area (Å²) in [6.07, 6.45) is -0.688. The Bertz CT molecular complexity index is 499. The lowest BCUT2D eigenvalue weighted by Gasteiger charge is -2.30. The van der Waals surface area contributed by atoms with Crippen molar-refractivity contribution in [3.8, 4) is 6.01 Å². The molecule has 0 saturated carbocycles. The first-order chi connectivity index (χ1) is 10.4. The molecule has 0 aliphatic carbocycles. The third kappa shape index (κ3) is 5.65. The van der Waals surface area contributed by atoms with Crippen molar-refractivity contribution in [3.05, 3.63) is 5.28 Å². The number of piperidine rings is 1. The Morgan fingerprint density at radius 3 is 2.59 bits per heavy atom. The molecular formula is C11H15ClF3N5OS. The van der Waals surface area contributed by atoms with Gasteiger partial charge in [-0.25, -0.2) is 0 Å². The van der Waals surface area contributed by atoms with Crippen LogP contribution in [0.1, 0.15) is 12.8 Å². The highest BCUT2D eigenvalue weighted by molar-refractivity contribution is 7.96. The first-order valence-electron chi connectivity index (χ1n) is 6.52. The molecule has 0 spiro atoms. The number of anilines is 1. The number of ether oxygens (including phenoxy) is 1. The summed E-state index contributed by atoms with van der Waals surface area (Å²) < 4.78 is 43.1. The maximum Gasteiger partial charge on any atom is 0.422 e. The smallest absolute Gasteiger partial charge is 0.422 e. The molecule has 0 unspecified atom stereocenters. The molecule has 0 atom stereocenters. The summed E-state index contributed by atoms with van der Waals surface area (Å²) in [7, 11) is 0. The highest BCUT2D eigenvalue weighted by Gasteiger charge is 2.29. The summed E-state index contributed by atoms with van der Waals surface area (Å²) in [4.78, 5) is 11.2. The van der Waals surface area contributed by atoms with Gasteiger partial charge in [0.1, 0.15) is 0 Å². The monoisotopic (exact) mass is 357 g/mol. The lowest BCUT2D eigenvalue weighted by atomic mass is 10.1. The molecule has 0 radical (unpaired) electrons. The zero-order valence-electron chi connectivity index (χ0n) is 11.7. The maximum atomic E-state index is 12.1. The van der Waals surface area contributed by atoms with E-state index >= 15 is 0 Å². The van der Waals surface area contributed by atoms with Gasteiger partial charge < -0.3 is 10.1 Å². The number of nitrogens with zero attached hydrogens (tertiary/aromatic N) is 4. The molecule has 0 bridgehead atoms. The van der Waals surface area contributed by atoms with Crippen LogP contribution in [0.25, 0.3) is 0 Å². The van der Waals surface area contributed by atoms with Gasteiger partial charge in [0.2, 0.25) is 11.2 Å². The van der Waals surface area contributed by atoms with Crippen molar-refractivity contribution in [1.82, 2.24) is 19.3 Å². The average Bonchev–Trinajstić information content (AvgIpc) is 2.45. The highest BCUT2D eigenvalue weighted by atomic mass is 35.5. The van der Waals surface area contributed by atoms with E-state index in [1.165, 1.54) is 0 Å². The molecule has 22 heavy (non-hydrogen) atoms. The van der Waals surface area contributed by atoms with Crippen LogP contribution in [-0.4, -0.2) is 57.4 Å². The molecular weight excluding hydrogens is 343 g/mol. The number of hydrogen-bond donors (Lipinski definition) is 1. The number of nitrogens with one attached hydrogen (secondary N) is 1. The predicted octanol–water partition coefficient (Wildman–Crippen LogP) is 2.62. The van der Waals surface area contributed by atoms with Gasteiger partial charge in [0.25, 0.3) is 0 Å². The van der Waals surface area contributed by atoms with E-state index in [2.05, 4.69) is 29.3 Å². The minimum Gasteiger partial charge on any atom is -0.454 e. The van der Waals surface area contributed by atoms with Crippen LogP contribution >= 0.6 is 23.5 Å². The van der Waals surface area contributed by atoms with Gasteiger partial charge in [0.15, 0.2) is 6.61 Å². The second-order valence-electron chi connectivity index (χ2n) is 4.64. The molecule has 11 heteroatoms. The Balaban J connectivity index is 1.95. The fourth-order valence-electron chi connectivity index (χ4n) is 1.97. The molecule has 1 aromatic rings. The third-order valence-corrected chi connectivity index (χ3v) is 4.05. The second kappa shape index (κ2) is 7.51. The van der Waals surface area contributed by atoms with E-state index in [0.29, 0.717) is 0 Å². The molecule has 1 aliphatic rings. The van der Waals surface area contributed by atoms with Gasteiger partial charge in [0.05, 0.1) is 0 Å². The van der Waals surface area contributed by atoms with Gasteiger partial charge >= 0.3 is 12.2 Å². The Kier molecular flexibility index (Phi) is 5.93. The van der Waals surface area contributed by atoms with Gasteiger partial charge in [-0.3, -0.25) is 4.31 Å². The number of halogens is 4. The zero-order chi connectivity index (χ0) is 16.2. The fourth-order valence-corrected chi connectivity index (χ4v) is 2.70. The normalized spacial score (nSPS) is 17.5. The molecule has 0 amide bonds. The Labute approximate surface area is 134 Å². The standard InChI is InChI=1S/C11H15ClF3N5OS/c1-22-20-4-2-7(3-5-20)16-9-17-8(12)18-10(19-9)21-6-11(13,14)15/h7H,2-6H2,1H3,(H,16,17,18,19).